The van der Waals surface area contributed by atoms with Gasteiger partial charge in [0, 0.05) is 37.7 Å². The zero-order chi connectivity index (χ0) is 24.5. The molecule has 178 valence electrons. The van der Waals surface area contributed by atoms with Gasteiger partial charge >= 0.3 is 0 Å². The third-order valence-corrected chi connectivity index (χ3v) is 8.83. The van der Waals surface area contributed by atoms with Crippen molar-refractivity contribution in [3.8, 4) is 0 Å². The minimum atomic E-state index is -3.61. The van der Waals surface area contributed by atoms with Gasteiger partial charge in [-0.2, -0.15) is 9.30 Å². The summed E-state index contributed by atoms with van der Waals surface area (Å²) in [4.78, 5) is 28.7. The van der Waals surface area contributed by atoms with Gasteiger partial charge < -0.3 is 4.57 Å². The van der Waals surface area contributed by atoms with Crippen molar-refractivity contribution in [2.24, 2.45) is 10.9 Å². The number of allylic oxidation sites excluding steroid dienone is 1. The number of thiazole rings is 1. The molecule has 0 aliphatic carbocycles. The highest BCUT2D eigenvalue weighted by Gasteiger charge is 2.32. The van der Waals surface area contributed by atoms with Gasteiger partial charge in [-0.05, 0) is 38.0 Å². The summed E-state index contributed by atoms with van der Waals surface area (Å²) in [6.07, 6.45) is 2.40. The normalized spacial score (nSPS) is 16.1. The van der Waals surface area contributed by atoms with Gasteiger partial charge in [-0.25, -0.2) is 8.42 Å². The van der Waals surface area contributed by atoms with E-state index in [1.807, 2.05) is 6.92 Å². The third-order valence-electron chi connectivity index (χ3n) is 5.86. The molecule has 0 bridgehead atoms. The lowest BCUT2D eigenvalue weighted by Crippen LogP contribution is -2.40. The van der Waals surface area contributed by atoms with E-state index in [0.29, 0.717) is 29.7 Å². The number of amides is 1. The van der Waals surface area contributed by atoms with Crippen LogP contribution in [0.25, 0.3) is 10.2 Å². The summed E-state index contributed by atoms with van der Waals surface area (Å²) in [7, 11) is -3.61. The SMILES string of the molecule is C=CCn1c(=NC(=O)C2CCN(S(=O)(=O)c3ccc(C)cc3)CC2)sc2ccc([N+](=O)[O-])cc21. The average molecular weight is 501 g/mol. The fourth-order valence-electron chi connectivity index (χ4n) is 3.95. The van der Waals surface area contributed by atoms with E-state index in [1.54, 1.807) is 41.0 Å². The van der Waals surface area contributed by atoms with Crippen LogP contribution < -0.4 is 4.80 Å². The molecule has 1 aliphatic heterocycles. The molecular weight excluding hydrogens is 476 g/mol. The Balaban J connectivity index is 1.55. The van der Waals surface area contributed by atoms with Crippen molar-refractivity contribution in [2.45, 2.75) is 31.2 Å². The molecular formula is C23H24N4O5S2. The Hall–Kier alpha value is -3.15. The molecule has 1 fully saturated rings. The molecule has 1 aromatic heterocycles. The van der Waals surface area contributed by atoms with Crippen LogP contribution in [0.5, 0.6) is 0 Å². The number of benzene rings is 2. The van der Waals surface area contributed by atoms with Crippen molar-refractivity contribution in [3.63, 3.8) is 0 Å². The van der Waals surface area contributed by atoms with Crippen LogP contribution in [-0.4, -0.2) is 41.2 Å². The molecule has 11 heteroatoms. The van der Waals surface area contributed by atoms with Crippen molar-refractivity contribution in [1.29, 1.82) is 0 Å². The number of carbonyl (C=O) groups excluding carboxylic acids is 1. The van der Waals surface area contributed by atoms with E-state index in [4.69, 9.17) is 0 Å². The Labute approximate surface area is 200 Å². The van der Waals surface area contributed by atoms with E-state index in [1.165, 1.54) is 27.8 Å². The first-order valence-corrected chi connectivity index (χ1v) is 13.0. The van der Waals surface area contributed by atoms with Gasteiger partial charge in [-0.1, -0.05) is 35.1 Å². The second-order valence-electron chi connectivity index (χ2n) is 8.13. The van der Waals surface area contributed by atoms with Crippen LogP contribution in [-0.2, 0) is 21.4 Å². The van der Waals surface area contributed by atoms with Crippen LogP contribution in [0.3, 0.4) is 0 Å². The number of hydrogen-bond donors (Lipinski definition) is 0. The number of hydrogen-bond acceptors (Lipinski definition) is 6. The van der Waals surface area contributed by atoms with Crippen LogP contribution in [0, 0.1) is 23.0 Å². The number of sulfonamides is 1. The molecule has 0 saturated carbocycles. The Bertz CT molecular complexity index is 1430. The molecule has 1 saturated heterocycles. The van der Waals surface area contributed by atoms with Crippen LogP contribution in [0.4, 0.5) is 5.69 Å². The highest BCUT2D eigenvalue weighted by molar-refractivity contribution is 7.89. The first-order chi connectivity index (χ1) is 16.2. The van der Waals surface area contributed by atoms with Crippen LogP contribution >= 0.6 is 11.3 Å². The number of aryl methyl sites for hydroxylation is 1. The molecule has 0 atom stereocenters. The van der Waals surface area contributed by atoms with Gasteiger partial charge in [0.2, 0.25) is 10.0 Å². The number of carbonyl (C=O) groups is 1. The van der Waals surface area contributed by atoms with Crippen molar-refractivity contribution in [3.05, 3.63) is 75.6 Å². The summed E-state index contributed by atoms with van der Waals surface area (Å²) in [6.45, 7) is 6.46. The smallest absolute Gasteiger partial charge is 0.271 e. The van der Waals surface area contributed by atoms with Crippen molar-refractivity contribution in [1.82, 2.24) is 8.87 Å². The zero-order valence-corrected chi connectivity index (χ0v) is 20.2. The van der Waals surface area contributed by atoms with E-state index >= 15 is 0 Å². The molecule has 9 nitrogen and oxygen atoms in total. The van der Waals surface area contributed by atoms with Gasteiger partial charge in [0.25, 0.3) is 11.6 Å². The molecule has 3 aromatic rings. The van der Waals surface area contributed by atoms with E-state index in [9.17, 15) is 23.3 Å². The maximum atomic E-state index is 13.0. The van der Waals surface area contributed by atoms with E-state index in [-0.39, 0.29) is 35.5 Å². The summed E-state index contributed by atoms with van der Waals surface area (Å²) >= 11 is 1.28. The molecule has 2 heterocycles. The molecule has 1 aliphatic rings. The lowest BCUT2D eigenvalue weighted by Gasteiger charge is -2.29. The number of non-ortho nitro benzene ring substituents is 1. The Morgan fingerprint density at radius 1 is 1.24 bits per heavy atom. The van der Waals surface area contributed by atoms with Gasteiger partial charge in [0.1, 0.15) is 0 Å². The Kier molecular flexibility index (Phi) is 6.78. The second kappa shape index (κ2) is 9.61. The van der Waals surface area contributed by atoms with Gasteiger partial charge in [-0.3, -0.25) is 14.9 Å². The van der Waals surface area contributed by atoms with Crippen molar-refractivity contribution < 1.29 is 18.1 Å². The summed E-state index contributed by atoms with van der Waals surface area (Å²) in [6, 6.07) is 11.3. The maximum absolute atomic E-state index is 13.0. The first kappa shape index (κ1) is 24.0. The summed E-state index contributed by atoms with van der Waals surface area (Å²) < 4.78 is 29.8. The monoisotopic (exact) mass is 500 g/mol. The highest BCUT2D eigenvalue weighted by Crippen LogP contribution is 2.26. The highest BCUT2D eigenvalue weighted by atomic mass is 32.2. The minimum absolute atomic E-state index is 0.0388. The predicted molar refractivity (Wildman–Crippen MR) is 130 cm³/mol. The fourth-order valence-corrected chi connectivity index (χ4v) is 6.44. The second-order valence-corrected chi connectivity index (χ2v) is 11.1. The van der Waals surface area contributed by atoms with Gasteiger partial charge in [-0.15, -0.1) is 6.58 Å². The Morgan fingerprint density at radius 3 is 2.53 bits per heavy atom. The fraction of sp³-hybridized carbons (Fsp3) is 0.304. The number of nitrogens with zero attached hydrogens (tertiary/aromatic N) is 4. The van der Waals surface area contributed by atoms with Crippen LogP contribution in [0.15, 0.2) is 65.0 Å². The van der Waals surface area contributed by atoms with E-state index in [2.05, 4.69) is 11.6 Å². The van der Waals surface area contributed by atoms with E-state index in [0.717, 1.165) is 10.3 Å². The molecule has 0 unspecified atom stereocenters. The topological polar surface area (TPSA) is 115 Å². The molecule has 0 N–H and O–H groups in total. The van der Waals surface area contributed by atoms with Crippen molar-refractivity contribution >= 4 is 43.2 Å². The quantitative estimate of drug-likeness (QED) is 0.291. The molecule has 4 rings (SSSR count). The number of nitro groups is 1. The summed E-state index contributed by atoms with van der Waals surface area (Å²) in [5.74, 6) is -0.701. The lowest BCUT2D eigenvalue weighted by atomic mass is 9.98. The maximum Gasteiger partial charge on any atom is 0.271 e. The standard InChI is InChI=1S/C23H24N4O5S2/c1-3-12-26-20-15-18(27(29)30)6-9-21(20)33-23(26)24-22(28)17-10-13-25(14-11-17)34(31,32)19-7-4-16(2)5-8-19/h3-9,15,17H,1,10-14H2,2H3. The number of fused-ring (bicyclic) bond motifs is 1. The molecule has 2 aromatic carbocycles. The van der Waals surface area contributed by atoms with Gasteiger partial charge in [0.15, 0.2) is 4.80 Å². The zero-order valence-electron chi connectivity index (χ0n) is 18.6. The van der Waals surface area contributed by atoms with Crippen LogP contribution in [0.1, 0.15) is 18.4 Å². The predicted octanol–water partition coefficient (Wildman–Crippen LogP) is 3.63. The minimum Gasteiger partial charge on any atom is -0.312 e. The summed E-state index contributed by atoms with van der Waals surface area (Å²) in [5.41, 5.74) is 1.56. The average Bonchev–Trinajstić information content (AvgIpc) is 3.15. The molecule has 1 amide bonds. The van der Waals surface area contributed by atoms with E-state index < -0.39 is 14.9 Å². The van der Waals surface area contributed by atoms with Crippen LogP contribution in [0.2, 0.25) is 0 Å². The molecule has 34 heavy (non-hydrogen) atoms. The first-order valence-electron chi connectivity index (χ1n) is 10.7. The number of nitro benzene ring substituents is 1. The largest absolute Gasteiger partial charge is 0.312 e. The number of aromatic nitrogens is 1. The van der Waals surface area contributed by atoms with Crippen molar-refractivity contribution in [2.75, 3.05) is 13.1 Å². The number of piperidine rings is 1. The van der Waals surface area contributed by atoms with Gasteiger partial charge in [0.05, 0.1) is 20.0 Å². The number of rotatable bonds is 6. The summed E-state index contributed by atoms with van der Waals surface area (Å²) in [5, 5.41) is 11.2. The molecule has 0 spiro atoms. The lowest BCUT2D eigenvalue weighted by molar-refractivity contribution is -0.384. The Morgan fingerprint density at radius 2 is 1.91 bits per heavy atom. The molecule has 0 radical (unpaired) electrons. The third kappa shape index (κ3) is 4.72.